The molecule has 2 aliphatic rings. The van der Waals surface area contributed by atoms with Gasteiger partial charge in [0.25, 0.3) is 0 Å². The first-order valence-electron chi connectivity index (χ1n) is 8.22. The molecule has 0 aromatic rings. The molecule has 1 saturated carbocycles. The predicted molar refractivity (Wildman–Crippen MR) is 82.7 cm³/mol. The van der Waals surface area contributed by atoms with Gasteiger partial charge in [-0.05, 0) is 40.0 Å². The van der Waals surface area contributed by atoms with E-state index < -0.39 is 23.6 Å². The molecule has 1 saturated heterocycles. The van der Waals surface area contributed by atoms with Crippen molar-refractivity contribution in [1.82, 2.24) is 10.2 Å². The Balaban J connectivity index is 1.94. The summed E-state index contributed by atoms with van der Waals surface area (Å²) in [6.45, 7) is 6.74. The van der Waals surface area contributed by atoms with Crippen molar-refractivity contribution in [2.75, 3.05) is 13.1 Å². The van der Waals surface area contributed by atoms with E-state index in [1.165, 1.54) is 12.8 Å². The molecule has 2 rings (SSSR count). The second-order valence-corrected chi connectivity index (χ2v) is 7.42. The number of carbonyl (C=O) groups excluding carboxylic acids is 1. The van der Waals surface area contributed by atoms with Crippen LogP contribution in [-0.2, 0) is 9.53 Å². The van der Waals surface area contributed by atoms with Gasteiger partial charge in [-0.2, -0.15) is 0 Å². The SMILES string of the molecule is CC(C)(C)OC(=O)NC1CCN(C2CCCC2)CC1C(=O)O. The molecule has 22 heavy (non-hydrogen) atoms. The summed E-state index contributed by atoms with van der Waals surface area (Å²) in [6.07, 6.45) is 4.93. The van der Waals surface area contributed by atoms with Crippen molar-refractivity contribution >= 4 is 12.1 Å². The maximum Gasteiger partial charge on any atom is 0.407 e. The maximum atomic E-state index is 11.9. The summed E-state index contributed by atoms with van der Waals surface area (Å²) >= 11 is 0. The first-order valence-corrected chi connectivity index (χ1v) is 8.22. The number of rotatable bonds is 3. The van der Waals surface area contributed by atoms with Crippen LogP contribution in [0.5, 0.6) is 0 Å². The van der Waals surface area contributed by atoms with Crippen molar-refractivity contribution in [2.45, 2.75) is 70.6 Å². The molecule has 0 aromatic heterocycles. The molecular weight excluding hydrogens is 284 g/mol. The lowest BCUT2D eigenvalue weighted by atomic mass is 9.91. The van der Waals surface area contributed by atoms with E-state index in [4.69, 9.17) is 4.74 Å². The number of piperidine rings is 1. The van der Waals surface area contributed by atoms with Gasteiger partial charge < -0.3 is 15.2 Å². The van der Waals surface area contributed by atoms with Gasteiger partial charge in [0.1, 0.15) is 5.60 Å². The van der Waals surface area contributed by atoms with Crippen molar-refractivity contribution in [3.05, 3.63) is 0 Å². The lowest BCUT2D eigenvalue weighted by Crippen LogP contribution is -2.55. The van der Waals surface area contributed by atoms with Crippen LogP contribution in [0, 0.1) is 5.92 Å². The molecule has 126 valence electrons. The Morgan fingerprint density at radius 2 is 1.82 bits per heavy atom. The number of nitrogens with one attached hydrogen (secondary N) is 1. The number of carbonyl (C=O) groups is 2. The number of alkyl carbamates (subject to hydrolysis) is 1. The zero-order valence-corrected chi connectivity index (χ0v) is 13.8. The van der Waals surface area contributed by atoms with Crippen LogP contribution in [0.15, 0.2) is 0 Å². The Kier molecular flexibility index (Phi) is 5.32. The summed E-state index contributed by atoms with van der Waals surface area (Å²) < 4.78 is 5.24. The van der Waals surface area contributed by atoms with Crippen LogP contribution >= 0.6 is 0 Å². The quantitative estimate of drug-likeness (QED) is 0.835. The predicted octanol–water partition coefficient (Wildman–Crippen LogP) is 2.23. The first kappa shape index (κ1) is 17.1. The Labute approximate surface area is 132 Å². The summed E-state index contributed by atoms with van der Waals surface area (Å²) in [4.78, 5) is 25.8. The molecule has 6 nitrogen and oxygen atoms in total. The highest BCUT2D eigenvalue weighted by molar-refractivity contribution is 5.74. The molecule has 2 atom stereocenters. The van der Waals surface area contributed by atoms with Gasteiger partial charge in [-0.3, -0.25) is 9.69 Å². The molecule has 1 heterocycles. The fraction of sp³-hybridized carbons (Fsp3) is 0.875. The minimum absolute atomic E-state index is 0.356. The molecule has 2 fully saturated rings. The summed E-state index contributed by atoms with van der Waals surface area (Å²) in [5, 5.41) is 12.2. The van der Waals surface area contributed by atoms with Gasteiger partial charge in [-0.1, -0.05) is 12.8 Å². The number of carboxylic acids is 1. The zero-order valence-electron chi connectivity index (χ0n) is 13.8. The molecular formula is C16H28N2O4. The Hall–Kier alpha value is -1.30. The summed E-state index contributed by atoms with van der Waals surface area (Å²) in [5.74, 6) is -1.41. The second kappa shape index (κ2) is 6.86. The van der Waals surface area contributed by atoms with Gasteiger partial charge in [0.15, 0.2) is 0 Å². The third kappa shape index (κ3) is 4.60. The van der Waals surface area contributed by atoms with E-state index in [0.29, 0.717) is 19.0 Å². The van der Waals surface area contributed by atoms with Crippen LogP contribution in [0.4, 0.5) is 4.79 Å². The highest BCUT2D eigenvalue weighted by Crippen LogP contribution is 2.28. The molecule has 2 N–H and O–H groups in total. The van der Waals surface area contributed by atoms with E-state index in [9.17, 15) is 14.7 Å². The molecule has 0 bridgehead atoms. The summed E-state index contributed by atoms with van der Waals surface area (Å²) in [5.41, 5.74) is -0.576. The summed E-state index contributed by atoms with van der Waals surface area (Å²) in [7, 11) is 0. The molecule has 0 aromatic carbocycles. The third-order valence-electron chi connectivity index (χ3n) is 4.50. The van der Waals surface area contributed by atoms with Gasteiger partial charge in [0.05, 0.1) is 5.92 Å². The number of amides is 1. The molecule has 6 heteroatoms. The fourth-order valence-corrected chi connectivity index (χ4v) is 3.46. The van der Waals surface area contributed by atoms with E-state index >= 15 is 0 Å². The minimum atomic E-state index is -0.844. The Morgan fingerprint density at radius 1 is 1.18 bits per heavy atom. The van der Waals surface area contributed by atoms with Crippen molar-refractivity contribution in [3.8, 4) is 0 Å². The molecule has 0 spiro atoms. The number of likely N-dealkylation sites (tertiary alicyclic amines) is 1. The van der Waals surface area contributed by atoms with E-state index in [0.717, 1.165) is 19.4 Å². The molecule has 1 aliphatic carbocycles. The third-order valence-corrected chi connectivity index (χ3v) is 4.50. The molecule has 1 aliphatic heterocycles. The number of carboxylic acid groups (broad SMARTS) is 1. The van der Waals surface area contributed by atoms with E-state index in [-0.39, 0.29) is 6.04 Å². The van der Waals surface area contributed by atoms with Gasteiger partial charge in [0.2, 0.25) is 0 Å². The number of hydrogen-bond acceptors (Lipinski definition) is 4. The zero-order chi connectivity index (χ0) is 16.3. The van der Waals surface area contributed by atoms with Crippen LogP contribution in [0.1, 0.15) is 52.9 Å². The number of nitrogens with zero attached hydrogens (tertiary/aromatic N) is 1. The van der Waals surface area contributed by atoms with Crippen LogP contribution in [-0.4, -0.2) is 52.8 Å². The van der Waals surface area contributed by atoms with Crippen LogP contribution < -0.4 is 5.32 Å². The highest BCUT2D eigenvalue weighted by Gasteiger charge is 2.38. The number of hydrogen-bond donors (Lipinski definition) is 2. The van der Waals surface area contributed by atoms with E-state index in [1.54, 1.807) is 20.8 Å². The van der Waals surface area contributed by atoms with Crippen molar-refractivity contribution in [2.24, 2.45) is 5.92 Å². The van der Waals surface area contributed by atoms with Crippen LogP contribution in [0.3, 0.4) is 0 Å². The lowest BCUT2D eigenvalue weighted by Gasteiger charge is -2.40. The average molecular weight is 312 g/mol. The largest absolute Gasteiger partial charge is 0.481 e. The van der Waals surface area contributed by atoms with Gasteiger partial charge in [-0.15, -0.1) is 0 Å². The van der Waals surface area contributed by atoms with Crippen LogP contribution in [0.25, 0.3) is 0 Å². The number of aliphatic carboxylic acids is 1. The smallest absolute Gasteiger partial charge is 0.407 e. The van der Waals surface area contributed by atoms with Crippen molar-refractivity contribution in [3.63, 3.8) is 0 Å². The second-order valence-electron chi connectivity index (χ2n) is 7.42. The topological polar surface area (TPSA) is 78.9 Å². The standard InChI is InChI=1S/C16H28N2O4/c1-16(2,3)22-15(21)17-13-8-9-18(10-12(13)14(19)20)11-6-4-5-7-11/h11-13H,4-10H2,1-3H3,(H,17,21)(H,19,20). The van der Waals surface area contributed by atoms with Gasteiger partial charge in [0, 0.05) is 25.2 Å². The monoisotopic (exact) mass is 312 g/mol. The fourth-order valence-electron chi connectivity index (χ4n) is 3.46. The molecule has 1 amide bonds. The van der Waals surface area contributed by atoms with Crippen LogP contribution in [0.2, 0.25) is 0 Å². The van der Waals surface area contributed by atoms with Crippen molar-refractivity contribution in [1.29, 1.82) is 0 Å². The van der Waals surface area contributed by atoms with Gasteiger partial charge in [-0.25, -0.2) is 4.79 Å². The van der Waals surface area contributed by atoms with Gasteiger partial charge >= 0.3 is 12.1 Å². The van der Waals surface area contributed by atoms with E-state index in [2.05, 4.69) is 10.2 Å². The number of ether oxygens (including phenoxy) is 1. The maximum absolute atomic E-state index is 11.9. The Morgan fingerprint density at radius 3 is 2.36 bits per heavy atom. The average Bonchev–Trinajstić information content (AvgIpc) is 2.90. The van der Waals surface area contributed by atoms with E-state index in [1.807, 2.05) is 0 Å². The normalized spacial score (nSPS) is 27.6. The van der Waals surface area contributed by atoms with Crippen molar-refractivity contribution < 1.29 is 19.4 Å². The minimum Gasteiger partial charge on any atom is -0.481 e. The lowest BCUT2D eigenvalue weighted by molar-refractivity contribution is -0.145. The highest BCUT2D eigenvalue weighted by atomic mass is 16.6. The first-order chi connectivity index (χ1) is 10.3. The molecule has 0 radical (unpaired) electrons. The Bertz CT molecular complexity index is 413. The molecule has 2 unspecified atom stereocenters. The summed E-state index contributed by atoms with van der Waals surface area (Å²) in [6, 6.07) is 0.161.